The van der Waals surface area contributed by atoms with Crippen LogP contribution in [-0.4, -0.2) is 28.0 Å². The zero-order valence-electron chi connectivity index (χ0n) is 17.3. The molecule has 0 radical (unpaired) electrons. The van der Waals surface area contributed by atoms with Crippen LogP contribution in [0, 0.1) is 0 Å². The smallest absolute Gasteiger partial charge is 0.229 e. The Morgan fingerprint density at radius 3 is 2.81 bits per heavy atom. The number of benzene rings is 2. The molecule has 2 aromatic heterocycles. The average Bonchev–Trinajstić information content (AvgIpc) is 3.24. The number of nitrogens with zero attached hydrogens (tertiary/aromatic N) is 2. The third-order valence-electron chi connectivity index (χ3n) is 5.47. The Labute approximate surface area is 199 Å². The Hall–Kier alpha value is -2.87. The molecule has 0 atom stereocenters. The van der Waals surface area contributed by atoms with Crippen molar-refractivity contribution < 1.29 is 0 Å². The molecule has 4 N–H and O–H groups in total. The topological polar surface area (TPSA) is 77.7 Å². The van der Waals surface area contributed by atoms with Crippen molar-refractivity contribution in [3.63, 3.8) is 0 Å². The minimum Gasteiger partial charge on any atom is -0.365 e. The molecule has 1 aliphatic rings. The van der Waals surface area contributed by atoms with Crippen LogP contribution < -0.4 is 16.0 Å². The van der Waals surface area contributed by atoms with Crippen LogP contribution in [0.5, 0.6) is 0 Å². The van der Waals surface area contributed by atoms with Gasteiger partial charge in [-0.25, -0.2) is 4.98 Å². The highest BCUT2D eigenvalue weighted by Crippen LogP contribution is 2.31. The molecule has 0 spiro atoms. The van der Waals surface area contributed by atoms with Gasteiger partial charge in [0.15, 0.2) is 0 Å². The van der Waals surface area contributed by atoms with Gasteiger partial charge < -0.3 is 20.9 Å². The van der Waals surface area contributed by atoms with Gasteiger partial charge in [-0.05, 0) is 70.4 Å². The Morgan fingerprint density at radius 2 is 2.00 bits per heavy atom. The van der Waals surface area contributed by atoms with E-state index < -0.39 is 0 Å². The molecular formula is C24H22BrClN6. The molecular weight excluding hydrogens is 488 g/mol. The van der Waals surface area contributed by atoms with Crippen LogP contribution in [-0.2, 0) is 6.54 Å². The maximum absolute atomic E-state index is 5.97. The SMILES string of the molecule is Clc1ccc(CNc2nc(Nc3ccc4[nH]cc(C5=CCNCC5)c4c3)ncc2Br)cc1. The van der Waals surface area contributed by atoms with Crippen molar-refractivity contribution in [2.45, 2.75) is 13.0 Å². The Balaban J connectivity index is 1.36. The Bertz CT molecular complexity index is 1280. The molecule has 6 nitrogen and oxygen atoms in total. The summed E-state index contributed by atoms with van der Waals surface area (Å²) in [6, 6.07) is 14.0. The normalized spacial score (nSPS) is 13.8. The highest BCUT2D eigenvalue weighted by Gasteiger charge is 2.12. The van der Waals surface area contributed by atoms with Gasteiger partial charge in [0.25, 0.3) is 0 Å². The molecule has 0 amide bonds. The van der Waals surface area contributed by atoms with Crippen molar-refractivity contribution in [1.82, 2.24) is 20.3 Å². The van der Waals surface area contributed by atoms with E-state index in [4.69, 9.17) is 11.6 Å². The van der Waals surface area contributed by atoms with Gasteiger partial charge in [-0.3, -0.25) is 0 Å². The fraction of sp³-hybridized carbons (Fsp3) is 0.167. The van der Waals surface area contributed by atoms with Crippen LogP contribution in [0.4, 0.5) is 17.5 Å². The summed E-state index contributed by atoms with van der Waals surface area (Å²) in [7, 11) is 0. The number of rotatable bonds is 6. The molecule has 3 heterocycles. The predicted molar refractivity (Wildman–Crippen MR) is 136 cm³/mol. The summed E-state index contributed by atoms with van der Waals surface area (Å²) in [6.07, 6.45) is 7.14. The molecule has 0 saturated carbocycles. The van der Waals surface area contributed by atoms with Gasteiger partial charge in [-0.15, -0.1) is 0 Å². The van der Waals surface area contributed by atoms with Crippen molar-refractivity contribution >= 4 is 61.5 Å². The van der Waals surface area contributed by atoms with E-state index in [9.17, 15) is 0 Å². The van der Waals surface area contributed by atoms with Crippen LogP contribution in [0.2, 0.25) is 5.02 Å². The molecule has 0 saturated heterocycles. The van der Waals surface area contributed by atoms with E-state index in [1.54, 1.807) is 6.20 Å². The van der Waals surface area contributed by atoms with Crippen molar-refractivity contribution in [2.24, 2.45) is 0 Å². The quantitative estimate of drug-likeness (QED) is 0.252. The maximum atomic E-state index is 5.97. The molecule has 4 aromatic rings. The lowest BCUT2D eigenvalue weighted by molar-refractivity contribution is 0.739. The number of nitrogens with one attached hydrogen (secondary N) is 4. The van der Waals surface area contributed by atoms with Crippen LogP contribution in [0.3, 0.4) is 0 Å². The van der Waals surface area contributed by atoms with Crippen LogP contribution >= 0.6 is 27.5 Å². The number of fused-ring (bicyclic) bond motifs is 1. The van der Waals surface area contributed by atoms with Crippen molar-refractivity contribution in [3.05, 3.63) is 81.6 Å². The van der Waals surface area contributed by atoms with Gasteiger partial charge >= 0.3 is 0 Å². The molecule has 1 aliphatic heterocycles. The molecule has 0 unspecified atom stereocenters. The zero-order chi connectivity index (χ0) is 21.9. The molecule has 0 bridgehead atoms. The predicted octanol–water partition coefficient (Wildman–Crippen LogP) is 6.11. The second-order valence-corrected chi connectivity index (χ2v) is 8.93. The lowest BCUT2D eigenvalue weighted by Crippen LogP contribution is -2.19. The molecule has 162 valence electrons. The van der Waals surface area contributed by atoms with Gasteiger partial charge in [0.1, 0.15) is 5.82 Å². The summed E-state index contributed by atoms with van der Waals surface area (Å²) in [6.45, 7) is 2.56. The Morgan fingerprint density at radius 1 is 1.12 bits per heavy atom. The first-order valence-corrected chi connectivity index (χ1v) is 11.6. The van der Waals surface area contributed by atoms with E-state index in [2.05, 4.69) is 71.2 Å². The van der Waals surface area contributed by atoms with Crippen molar-refractivity contribution in [2.75, 3.05) is 23.7 Å². The highest BCUT2D eigenvalue weighted by atomic mass is 79.9. The lowest BCUT2D eigenvalue weighted by Gasteiger charge is -2.14. The molecule has 5 rings (SSSR count). The first-order chi connectivity index (χ1) is 15.7. The van der Waals surface area contributed by atoms with Gasteiger partial charge in [0, 0.05) is 52.7 Å². The summed E-state index contributed by atoms with van der Waals surface area (Å²) in [4.78, 5) is 12.5. The fourth-order valence-electron chi connectivity index (χ4n) is 3.80. The molecule has 0 aliphatic carbocycles. The van der Waals surface area contributed by atoms with E-state index in [1.807, 2.05) is 30.3 Å². The number of halogens is 2. The second-order valence-electron chi connectivity index (χ2n) is 7.64. The molecule has 8 heteroatoms. The third-order valence-corrected chi connectivity index (χ3v) is 6.30. The first-order valence-electron chi connectivity index (χ1n) is 10.4. The van der Waals surface area contributed by atoms with Gasteiger partial charge in [-0.2, -0.15) is 4.98 Å². The number of aromatic nitrogens is 3. The second kappa shape index (κ2) is 9.32. The van der Waals surface area contributed by atoms with E-state index in [-0.39, 0.29) is 0 Å². The average molecular weight is 510 g/mol. The van der Waals surface area contributed by atoms with E-state index in [0.717, 1.165) is 51.6 Å². The highest BCUT2D eigenvalue weighted by molar-refractivity contribution is 9.10. The number of aromatic amines is 1. The van der Waals surface area contributed by atoms with Gasteiger partial charge in [0.05, 0.1) is 4.47 Å². The summed E-state index contributed by atoms with van der Waals surface area (Å²) < 4.78 is 0.804. The third kappa shape index (κ3) is 4.65. The summed E-state index contributed by atoms with van der Waals surface area (Å²) in [5.41, 5.74) is 5.81. The van der Waals surface area contributed by atoms with E-state index >= 15 is 0 Å². The number of hydrogen-bond acceptors (Lipinski definition) is 5. The van der Waals surface area contributed by atoms with E-state index in [1.165, 1.54) is 16.5 Å². The minimum atomic E-state index is 0.532. The van der Waals surface area contributed by atoms with Gasteiger partial charge in [0.2, 0.25) is 5.95 Å². The minimum absolute atomic E-state index is 0.532. The summed E-state index contributed by atoms with van der Waals surface area (Å²) in [5.74, 6) is 1.25. The van der Waals surface area contributed by atoms with Crippen LogP contribution in [0.25, 0.3) is 16.5 Å². The fourth-order valence-corrected chi connectivity index (χ4v) is 4.26. The number of hydrogen-bond donors (Lipinski definition) is 4. The maximum Gasteiger partial charge on any atom is 0.229 e. The lowest BCUT2D eigenvalue weighted by atomic mass is 9.99. The summed E-state index contributed by atoms with van der Waals surface area (Å²) in [5, 5.41) is 12.0. The number of anilines is 3. The molecule has 2 aromatic carbocycles. The molecule has 32 heavy (non-hydrogen) atoms. The molecule has 0 fully saturated rings. The number of H-pyrrole nitrogens is 1. The standard InChI is InChI=1S/C24H22BrClN6/c25-21-14-30-24(32-23(21)29-12-15-1-3-17(26)4-2-15)31-18-5-6-22-19(11-18)20(13-28-22)16-7-9-27-10-8-16/h1-7,11,13-14,27-28H,8-10,12H2,(H2,29,30,31,32). The van der Waals surface area contributed by atoms with E-state index in [0.29, 0.717) is 12.5 Å². The Kier molecular flexibility index (Phi) is 6.12. The van der Waals surface area contributed by atoms with Crippen molar-refractivity contribution in [1.29, 1.82) is 0 Å². The van der Waals surface area contributed by atoms with Crippen LogP contribution in [0.15, 0.2) is 65.4 Å². The summed E-state index contributed by atoms with van der Waals surface area (Å²) >= 11 is 9.50. The monoisotopic (exact) mass is 508 g/mol. The zero-order valence-corrected chi connectivity index (χ0v) is 19.6. The first kappa shape index (κ1) is 21.0. The van der Waals surface area contributed by atoms with Gasteiger partial charge in [-0.1, -0.05) is 29.8 Å². The largest absolute Gasteiger partial charge is 0.365 e. The van der Waals surface area contributed by atoms with Crippen molar-refractivity contribution in [3.8, 4) is 0 Å². The van der Waals surface area contributed by atoms with Crippen LogP contribution in [0.1, 0.15) is 17.5 Å².